The molecule has 1 heterocycles. The molecule has 0 radical (unpaired) electrons. The Balaban J connectivity index is 0.000000295. The van der Waals surface area contributed by atoms with Gasteiger partial charge in [-0.25, -0.2) is 0 Å². The third-order valence-corrected chi connectivity index (χ3v) is 4.13. The van der Waals surface area contributed by atoms with Crippen LogP contribution in [0.5, 0.6) is 0 Å². The maximum Gasteiger partial charge on any atom is 0.0618 e. The van der Waals surface area contributed by atoms with Gasteiger partial charge in [-0.05, 0) is 86.9 Å². The van der Waals surface area contributed by atoms with Crippen LogP contribution in [0.15, 0.2) is 12.4 Å². The molecule has 0 fully saturated rings. The molecule has 1 aromatic rings. The van der Waals surface area contributed by atoms with Gasteiger partial charge in [0.2, 0.25) is 0 Å². The first-order chi connectivity index (χ1) is 13.9. The largest absolute Gasteiger partial charge is 0.258 e. The molecule has 28 heavy (non-hydrogen) atoms. The SMILES string of the molecule is CC#CC#CC#CC#CC#CC.c1cnc2c(n1)CCCCCCCCCC2. The lowest BCUT2D eigenvalue weighted by Gasteiger charge is -2.09. The van der Waals surface area contributed by atoms with Gasteiger partial charge in [-0.1, -0.05) is 50.4 Å². The summed E-state index contributed by atoms with van der Waals surface area (Å²) in [5, 5.41) is 0. The van der Waals surface area contributed by atoms with Crippen LogP contribution in [0.1, 0.15) is 76.6 Å². The van der Waals surface area contributed by atoms with E-state index in [4.69, 9.17) is 0 Å². The van der Waals surface area contributed by atoms with E-state index in [9.17, 15) is 0 Å². The Morgan fingerprint density at radius 2 is 0.821 bits per heavy atom. The molecule has 0 unspecified atom stereocenters. The average Bonchev–Trinajstić information content (AvgIpc) is 2.71. The molecule has 0 spiro atoms. The fraction of sp³-hybridized carbons (Fsp3) is 0.462. The summed E-state index contributed by atoms with van der Waals surface area (Å²) in [6.07, 6.45) is 16.9. The normalized spacial score (nSPS) is 12.6. The molecule has 0 bridgehead atoms. The highest BCUT2D eigenvalue weighted by molar-refractivity contribution is 5.42. The van der Waals surface area contributed by atoms with Crippen LogP contribution in [-0.4, -0.2) is 9.97 Å². The average molecular weight is 369 g/mol. The highest BCUT2D eigenvalue weighted by atomic mass is 14.8. The van der Waals surface area contributed by atoms with Crippen molar-refractivity contribution in [1.82, 2.24) is 9.97 Å². The van der Waals surface area contributed by atoms with E-state index < -0.39 is 0 Å². The van der Waals surface area contributed by atoms with Gasteiger partial charge in [0.15, 0.2) is 0 Å². The summed E-state index contributed by atoms with van der Waals surface area (Å²) in [5.74, 6) is 25.6. The molecule has 0 atom stereocenters. The first-order valence-electron chi connectivity index (χ1n) is 10.0. The van der Waals surface area contributed by atoms with E-state index in [1.165, 1.54) is 62.8 Å². The second kappa shape index (κ2) is 17.3. The molecule has 1 aliphatic rings. The first-order valence-corrected chi connectivity index (χ1v) is 10.0. The lowest BCUT2D eigenvalue weighted by molar-refractivity contribution is 0.554. The van der Waals surface area contributed by atoms with Crippen molar-refractivity contribution < 1.29 is 0 Å². The van der Waals surface area contributed by atoms with Crippen LogP contribution in [0.3, 0.4) is 0 Å². The molecule has 0 saturated heterocycles. The number of rotatable bonds is 0. The molecule has 0 amide bonds. The maximum atomic E-state index is 4.48. The topological polar surface area (TPSA) is 25.8 Å². The molecular formula is C26H28N2. The standard InChI is InChI=1S/C14H22N2.C12H6/c1-2-4-6-8-10-14-13(9-7-5-3-1)15-11-12-16-14;1-3-5-7-9-11-12-10-8-6-4-2/h11-12H,1-10H2;1-2H3. The predicted molar refractivity (Wildman–Crippen MR) is 117 cm³/mol. The molecular weight excluding hydrogens is 340 g/mol. The number of hydrogen-bond donors (Lipinski definition) is 0. The van der Waals surface area contributed by atoms with Crippen molar-refractivity contribution in [3.05, 3.63) is 23.8 Å². The van der Waals surface area contributed by atoms with Gasteiger partial charge in [-0.15, -0.1) is 0 Å². The van der Waals surface area contributed by atoms with Crippen molar-refractivity contribution in [1.29, 1.82) is 0 Å². The molecule has 0 N–H and O–H groups in total. The number of fused-ring (bicyclic) bond motifs is 1. The van der Waals surface area contributed by atoms with Gasteiger partial charge in [0.05, 0.1) is 11.4 Å². The molecule has 2 rings (SSSR count). The first kappa shape index (κ1) is 22.9. The van der Waals surface area contributed by atoms with Gasteiger partial charge in [0, 0.05) is 12.4 Å². The Morgan fingerprint density at radius 3 is 1.18 bits per heavy atom. The molecule has 1 aromatic heterocycles. The van der Waals surface area contributed by atoms with Crippen LogP contribution < -0.4 is 0 Å². The third kappa shape index (κ3) is 12.3. The Bertz CT molecular complexity index is 811. The van der Waals surface area contributed by atoms with Crippen molar-refractivity contribution in [3.63, 3.8) is 0 Å². The van der Waals surface area contributed by atoms with Crippen LogP contribution in [0.25, 0.3) is 0 Å². The van der Waals surface area contributed by atoms with Gasteiger partial charge < -0.3 is 0 Å². The van der Waals surface area contributed by atoms with Crippen molar-refractivity contribution in [3.8, 4) is 59.2 Å². The zero-order chi connectivity index (χ0) is 20.1. The Kier molecular flexibility index (Phi) is 14.2. The minimum Gasteiger partial charge on any atom is -0.258 e. The van der Waals surface area contributed by atoms with Crippen LogP contribution in [0.4, 0.5) is 0 Å². The van der Waals surface area contributed by atoms with Crippen LogP contribution in [0, 0.1) is 59.2 Å². The summed E-state index contributed by atoms with van der Waals surface area (Å²) in [7, 11) is 0. The van der Waals surface area contributed by atoms with Crippen molar-refractivity contribution in [2.75, 3.05) is 0 Å². The van der Waals surface area contributed by atoms with E-state index in [2.05, 4.69) is 69.2 Å². The third-order valence-electron chi connectivity index (χ3n) is 4.13. The lowest BCUT2D eigenvalue weighted by atomic mass is 10.0. The smallest absolute Gasteiger partial charge is 0.0618 e. The maximum absolute atomic E-state index is 4.48. The summed E-state index contributed by atoms with van der Waals surface area (Å²) in [6, 6.07) is 0. The van der Waals surface area contributed by atoms with E-state index in [0.717, 1.165) is 12.8 Å². The lowest BCUT2D eigenvalue weighted by Crippen LogP contribution is -2.02. The molecule has 2 nitrogen and oxygen atoms in total. The molecule has 142 valence electrons. The van der Waals surface area contributed by atoms with Crippen LogP contribution in [-0.2, 0) is 12.8 Å². The number of hydrogen-bond acceptors (Lipinski definition) is 2. The molecule has 2 heteroatoms. The monoisotopic (exact) mass is 368 g/mol. The Morgan fingerprint density at radius 1 is 0.500 bits per heavy atom. The van der Waals surface area contributed by atoms with E-state index in [0.29, 0.717) is 0 Å². The Labute approximate surface area is 171 Å². The summed E-state index contributed by atoms with van der Waals surface area (Å²) < 4.78 is 0. The van der Waals surface area contributed by atoms with E-state index in [1.807, 2.05) is 12.4 Å². The zero-order valence-electron chi connectivity index (χ0n) is 17.1. The van der Waals surface area contributed by atoms with Crippen LogP contribution >= 0.6 is 0 Å². The van der Waals surface area contributed by atoms with Gasteiger partial charge >= 0.3 is 0 Å². The summed E-state index contributed by atoms with van der Waals surface area (Å²) in [6.45, 7) is 3.44. The van der Waals surface area contributed by atoms with E-state index in [1.54, 1.807) is 13.8 Å². The van der Waals surface area contributed by atoms with Gasteiger partial charge in [-0.2, -0.15) is 0 Å². The fourth-order valence-electron chi connectivity index (χ4n) is 2.77. The van der Waals surface area contributed by atoms with Crippen molar-refractivity contribution in [2.45, 2.75) is 78.1 Å². The van der Waals surface area contributed by atoms with Gasteiger partial charge in [0.1, 0.15) is 0 Å². The van der Waals surface area contributed by atoms with E-state index in [-0.39, 0.29) is 0 Å². The zero-order valence-corrected chi connectivity index (χ0v) is 17.1. The molecule has 0 aromatic carbocycles. The van der Waals surface area contributed by atoms with E-state index >= 15 is 0 Å². The predicted octanol–water partition coefficient (Wildman–Crippen LogP) is 4.74. The summed E-state index contributed by atoms with van der Waals surface area (Å²) >= 11 is 0. The Hall–Kier alpha value is -3.12. The molecule has 0 aliphatic heterocycles. The highest BCUT2D eigenvalue weighted by Gasteiger charge is 2.05. The highest BCUT2D eigenvalue weighted by Crippen LogP contribution is 2.16. The number of aryl methyl sites for hydroxylation is 2. The number of aromatic nitrogens is 2. The second-order valence-corrected chi connectivity index (χ2v) is 6.28. The van der Waals surface area contributed by atoms with Crippen molar-refractivity contribution in [2.24, 2.45) is 0 Å². The second-order valence-electron chi connectivity index (χ2n) is 6.28. The number of nitrogens with zero attached hydrogens (tertiary/aromatic N) is 2. The minimum atomic E-state index is 1.13. The van der Waals surface area contributed by atoms with Gasteiger partial charge in [-0.3, -0.25) is 9.97 Å². The van der Waals surface area contributed by atoms with Crippen molar-refractivity contribution >= 4 is 0 Å². The molecule has 0 saturated carbocycles. The molecule has 1 aliphatic carbocycles. The fourth-order valence-corrected chi connectivity index (χ4v) is 2.77. The van der Waals surface area contributed by atoms with Gasteiger partial charge in [0.25, 0.3) is 0 Å². The quantitative estimate of drug-likeness (QED) is 0.618. The summed E-state index contributed by atoms with van der Waals surface area (Å²) in [4.78, 5) is 8.97. The van der Waals surface area contributed by atoms with Crippen LogP contribution in [0.2, 0.25) is 0 Å². The minimum absolute atomic E-state index is 1.13. The summed E-state index contributed by atoms with van der Waals surface area (Å²) in [5.41, 5.74) is 2.51.